The lowest BCUT2D eigenvalue weighted by Gasteiger charge is -2.00. The average molecular weight is 287 g/mol. The molecule has 0 bridgehead atoms. The lowest BCUT2D eigenvalue weighted by atomic mass is 10.1. The third-order valence-electron chi connectivity index (χ3n) is 3.50. The number of nitro benzene ring substituents is 1. The zero-order valence-corrected chi connectivity index (χ0v) is 11.4. The SMILES string of the molecule is Cc1ccc([N+](=O)[O-])cc1-c1noc(CC(=O)C2CC2)n1. The van der Waals surface area contributed by atoms with Gasteiger partial charge in [-0.2, -0.15) is 4.98 Å². The summed E-state index contributed by atoms with van der Waals surface area (Å²) in [5.41, 5.74) is 1.32. The highest BCUT2D eigenvalue weighted by Crippen LogP contribution is 2.31. The van der Waals surface area contributed by atoms with Crippen LogP contribution in [0.5, 0.6) is 0 Å². The van der Waals surface area contributed by atoms with Gasteiger partial charge < -0.3 is 4.52 Å². The highest BCUT2D eigenvalue weighted by molar-refractivity contribution is 5.84. The molecule has 7 nitrogen and oxygen atoms in total. The molecule has 3 rings (SSSR count). The molecule has 108 valence electrons. The van der Waals surface area contributed by atoms with Crippen molar-refractivity contribution in [3.05, 3.63) is 39.8 Å². The fourth-order valence-corrected chi connectivity index (χ4v) is 2.10. The number of aromatic nitrogens is 2. The van der Waals surface area contributed by atoms with Gasteiger partial charge in [-0.1, -0.05) is 11.2 Å². The van der Waals surface area contributed by atoms with E-state index >= 15 is 0 Å². The minimum Gasteiger partial charge on any atom is -0.339 e. The molecule has 7 heteroatoms. The number of ketones is 1. The van der Waals surface area contributed by atoms with E-state index in [9.17, 15) is 14.9 Å². The van der Waals surface area contributed by atoms with Crippen molar-refractivity contribution >= 4 is 11.5 Å². The van der Waals surface area contributed by atoms with Gasteiger partial charge in [-0.05, 0) is 25.3 Å². The summed E-state index contributed by atoms with van der Waals surface area (Å²) in [7, 11) is 0. The van der Waals surface area contributed by atoms with E-state index in [1.165, 1.54) is 12.1 Å². The molecule has 0 aliphatic heterocycles. The van der Waals surface area contributed by atoms with Gasteiger partial charge in [0.15, 0.2) is 0 Å². The molecule has 0 N–H and O–H groups in total. The molecule has 0 radical (unpaired) electrons. The highest BCUT2D eigenvalue weighted by atomic mass is 16.6. The van der Waals surface area contributed by atoms with E-state index in [-0.39, 0.29) is 35.5 Å². The molecule has 1 saturated carbocycles. The number of carbonyl (C=O) groups excluding carboxylic acids is 1. The van der Waals surface area contributed by atoms with Crippen LogP contribution in [0.25, 0.3) is 11.4 Å². The Morgan fingerprint density at radius 1 is 1.48 bits per heavy atom. The molecule has 1 heterocycles. The molecule has 0 unspecified atom stereocenters. The summed E-state index contributed by atoms with van der Waals surface area (Å²) in [6, 6.07) is 4.47. The molecule has 1 aliphatic carbocycles. The summed E-state index contributed by atoms with van der Waals surface area (Å²) in [4.78, 5) is 26.2. The van der Waals surface area contributed by atoms with Crippen LogP contribution in [0.15, 0.2) is 22.7 Å². The highest BCUT2D eigenvalue weighted by Gasteiger charge is 2.30. The zero-order valence-electron chi connectivity index (χ0n) is 11.4. The molecule has 0 saturated heterocycles. The Bertz CT molecular complexity index is 719. The normalized spacial score (nSPS) is 14.1. The van der Waals surface area contributed by atoms with E-state index in [1.54, 1.807) is 6.07 Å². The van der Waals surface area contributed by atoms with Gasteiger partial charge in [0.1, 0.15) is 5.78 Å². The Balaban J connectivity index is 1.86. The van der Waals surface area contributed by atoms with Crippen LogP contribution < -0.4 is 0 Å². The first-order valence-corrected chi connectivity index (χ1v) is 6.65. The van der Waals surface area contributed by atoms with Crippen LogP contribution in [0, 0.1) is 23.0 Å². The number of benzene rings is 1. The quantitative estimate of drug-likeness (QED) is 0.618. The predicted molar refractivity (Wildman–Crippen MR) is 72.6 cm³/mol. The first-order chi connectivity index (χ1) is 10.0. The van der Waals surface area contributed by atoms with E-state index in [0.717, 1.165) is 18.4 Å². The Morgan fingerprint density at radius 3 is 2.90 bits per heavy atom. The lowest BCUT2D eigenvalue weighted by Crippen LogP contribution is -2.04. The fraction of sp³-hybridized carbons (Fsp3) is 0.357. The molecule has 1 aliphatic rings. The van der Waals surface area contributed by atoms with E-state index in [1.807, 2.05) is 6.92 Å². The number of hydrogen-bond acceptors (Lipinski definition) is 6. The number of carbonyl (C=O) groups is 1. The summed E-state index contributed by atoms with van der Waals surface area (Å²) in [5.74, 6) is 0.781. The lowest BCUT2D eigenvalue weighted by molar-refractivity contribution is -0.384. The maximum absolute atomic E-state index is 11.7. The van der Waals surface area contributed by atoms with Crippen LogP contribution in [0.2, 0.25) is 0 Å². The number of nitro groups is 1. The standard InChI is InChI=1S/C14H13N3O4/c1-8-2-5-10(17(19)20)6-11(8)14-15-13(21-16-14)7-12(18)9-3-4-9/h2,5-6,9H,3-4,7H2,1H3. The maximum Gasteiger partial charge on any atom is 0.270 e. The van der Waals surface area contributed by atoms with Crippen LogP contribution in [-0.4, -0.2) is 20.8 Å². The third kappa shape index (κ3) is 2.81. The minimum atomic E-state index is -0.472. The molecule has 1 aromatic heterocycles. The Hall–Kier alpha value is -2.57. The second-order valence-corrected chi connectivity index (χ2v) is 5.19. The van der Waals surface area contributed by atoms with Gasteiger partial charge in [0.05, 0.1) is 11.3 Å². The van der Waals surface area contributed by atoms with Crippen molar-refractivity contribution in [3.63, 3.8) is 0 Å². The Kier molecular flexibility index (Phi) is 3.25. The van der Waals surface area contributed by atoms with Gasteiger partial charge in [0.2, 0.25) is 11.7 Å². The van der Waals surface area contributed by atoms with Gasteiger partial charge in [0.25, 0.3) is 5.69 Å². The number of nitrogens with zero attached hydrogens (tertiary/aromatic N) is 3. The Morgan fingerprint density at radius 2 is 2.24 bits per heavy atom. The molecule has 2 aromatic rings. The molecule has 1 fully saturated rings. The third-order valence-corrected chi connectivity index (χ3v) is 3.50. The van der Waals surface area contributed by atoms with Crippen molar-refractivity contribution < 1.29 is 14.2 Å². The van der Waals surface area contributed by atoms with Crippen LogP contribution in [-0.2, 0) is 11.2 Å². The summed E-state index contributed by atoms with van der Waals surface area (Å²) in [5, 5.41) is 14.6. The summed E-state index contributed by atoms with van der Waals surface area (Å²) < 4.78 is 5.07. The molecular weight excluding hydrogens is 274 g/mol. The van der Waals surface area contributed by atoms with Crippen LogP contribution >= 0.6 is 0 Å². The van der Waals surface area contributed by atoms with Gasteiger partial charge in [-0.15, -0.1) is 0 Å². The average Bonchev–Trinajstić information content (AvgIpc) is 3.20. The van der Waals surface area contributed by atoms with Gasteiger partial charge in [-0.25, -0.2) is 0 Å². The molecular formula is C14H13N3O4. The molecule has 0 spiro atoms. The zero-order chi connectivity index (χ0) is 15.0. The second kappa shape index (κ2) is 5.08. The van der Waals surface area contributed by atoms with Crippen LogP contribution in [0.4, 0.5) is 5.69 Å². The van der Waals surface area contributed by atoms with Gasteiger partial charge >= 0.3 is 0 Å². The first kappa shape index (κ1) is 13.4. The number of non-ortho nitro benzene ring substituents is 1. The smallest absolute Gasteiger partial charge is 0.270 e. The topological polar surface area (TPSA) is 99.1 Å². The minimum absolute atomic E-state index is 0.0315. The van der Waals surface area contributed by atoms with Crippen molar-refractivity contribution in [1.29, 1.82) is 0 Å². The van der Waals surface area contributed by atoms with Crippen molar-refractivity contribution in [2.24, 2.45) is 5.92 Å². The molecule has 0 atom stereocenters. The second-order valence-electron chi connectivity index (χ2n) is 5.19. The van der Waals surface area contributed by atoms with E-state index in [0.29, 0.717) is 5.56 Å². The molecule has 0 amide bonds. The van der Waals surface area contributed by atoms with Gasteiger partial charge in [-0.3, -0.25) is 14.9 Å². The fourth-order valence-electron chi connectivity index (χ4n) is 2.10. The number of aryl methyl sites for hydroxylation is 1. The monoisotopic (exact) mass is 287 g/mol. The summed E-state index contributed by atoms with van der Waals surface area (Å²) in [6.45, 7) is 1.81. The van der Waals surface area contributed by atoms with Crippen molar-refractivity contribution in [3.8, 4) is 11.4 Å². The van der Waals surface area contributed by atoms with E-state index in [2.05, 4.69) is 10.1 Å². The van der Waals surface area contributed by atoms with E-state index in [4.69, 9.17) is 4.52 Å². The van der Waals surface area contributed by atoms with Gasteiger partial charge in [0, 0.05) is 23.6 Å². The van der Waals surface area contributed by atoms with Crippen LogP contribution in [0.1, 0.15) is 24.3 Å². The summed E-state index contributed by atoms with van der Waals surface area (Å²) >= 11 is 0. The molecule has 21 heavy (non-hydrogen) atoms. The number of rotatable bonds is 5. The number of Topliss-reactive ketones (excluding diaryl/α,β-unsaturated/α-hetero) is 1. The number of hydrogen-bond donors (Lipinski definition) is 0. The van der Waals surface area contributed by atoms with Crippen molar-refractivity contribution in [2.45, 2.75) is 26.2 Å². The summed E-state index contributed by atoms with van der Waals surface area (Å²) in [6.07, 6.45) is 2.00. The first-order valence-electron chi connectivity index (χ1n) is 6.65. The van der Waals surface area contributed by atoms with Crippen molar-refractivity contribution in [2.75, 3.05) is 0 Å². The molecule has 1 aromatic carbocycles. The largest absolute Gasteiger partial charge is 0.339 e. The van der Waals surface area contributed by atoms with Crippen molar-refractivity contribution in [1.82, 2.24) is 10.1 Å². The Labute approximate surface area is 120 Å². The predicted octanol–water partition coefficient (Wildman–Crippen LogP) is 2.47. The van der Waals surface area contributed by atoms with Crippen LogP contribution in [0.3, 0.4) is 0 Å². The van der Waals surface area contributed by atoms with E-state index < -0.39 is 4.92 Å². The maximum atomic E-state index is 11.7.